The second-order valence-electron chi connectivity index (χ2n) is 1.36. The monoisotopic (exact) mass is 190 g/mol. The zero-order valence-electron chi connectivity index (χ0n) is 4.52. The summed E-state index contributed by atoms with van der Waals surface area (Å²) in [6.07, 6.45) is 3.71. The maximum absolute atomic E-state index is 3.64. The van der Waals surface area contributed by atoms with E-state index in [0.717, 1.165) is 9.80 Å². The molecular formula is C6H8BrP. The lowest BCUT2D eigenvalue weighted by atomic mass is 10.5. The molecule has 0 nitrogen and oxygen atoms in total. The summed E-state index contributed by atoms with van der Waals surface area (Å²) >= 11 is 3.17. The Morgan fingerprint density at radius 1 is 1.38 bits per heavy atom. The van der Waals surface area contributed by atoms with E-state index in [2.05, 4.69) is 38.3 Å². The van der Waals surface area contributed by atoms with E-state index in [-0.39, 0.29) is 0 Å². The molecule has 8 heavy (non-hydrogen) atoms. The summed E-state index contributed by atoms with van der Waals surface area (Å²) in [5, 5.41) is 0.950. The standard InChI is InChI=1S/C6H8BrP/c1-5(7)3-4-6(2)8/h3-4H,1-2,8H2/b4-3-. The van der Waals surface area contributed by atoms with Gasteiger partial charge in [-0.1, -0.05) is 35.2 Å². The third kappa shape index (κ3) is 6.13. The van der Waals surface area contributed by atoms with Crippen LogP contribution in [0.3, 0.4) is 0 Å². The Kier molecular flexibility index (Phi) is 4.12. The molecule has 0 rings (SSSR count). The quantitative estimate of drug-likeness (QED) is 0.465. The molecular weight excluding hydrogens is 183 g/mol. The molecule has 0 amide bonds. The third-order valence-electron chi connectivity index (χ3n) is 0.478. The first-order chi connectivity index (χ1) is 3.63. The van der Waals surface area contributed by atoms with Crippen molar-refractivity contribution in [2.75, 3.05) is 0 Å². The van der Waals surface area contributed by atoms with Crippen LogP contribution in [0.25, 0.3) is 0 Å². The molecule has 0 radical (unpaired) electrons. The van der Waals surface area contributed by atoms with Gasteiger partial charge in [-0.25, -0.2) is 0 Å². The summed E-state index contributed by atoms with van der Waals surface area (Å²) in [6.45, 7) is 7.25. The first-order valence-electron chi connectivity index (χ1n) is 2.10. The van der Waals surface area contributed by atoms with Crippen LogP contribution in [0.5, 0.6) is 0 Å². The van der Waals surface area contributed by atoms with Crippen molar-refractivity contribution in [1.82, 2.24) is 0 Å². The van der Waals surface area contributed by atoms with Crippen molar-refractivity contribution in [3.8, 4) is 0 Å². The average Bonchev–Trinajstić information content (AvgIpc) is 1.61. The van der Waals surface area contributed by atoms with E-state index in [0.29, 0.717) is 0 Å². The molecule has 2 heteroatoms. The Balaban J connectivity index is 3.67. The Labute approximate surface area is 60.7 Å². The van der Waals surface area contributed by atoms with Crippen LogP contribution in [0.2, 0.25) is 0 Å². The minimum absolute atomic E-state index is 0.862. The van der Waals surface area contributed by atoms with Crippen LogP contribution >= 0.6 is 25.2 Å². The first kappa shape index (κ1) is 8.13. The van der Waals surface area contributed by atoms with Crippen LogP contribution in [-0.2, 0) is 0 Å². The normalized spacial score (nSPS) is 9.75. The number of halogens is 1. The van der Waals surface area contributed by atoms with Crippen molar-refractivity contribution in [3.63, 3.8) is 0 Å². The van der Waals surface area contributed by atoms with E-state index in [1.54, 1.807) is 0 Å². The van der Waals surface area contributed by atoms with Crippen molar-refractivity contribution < 1.29 is 0 Å². The van der Waals surface area contributed by atoms with Crippen LogP contribution in [0.15, 0.2) is 35.1 Å². The molecule has 0 aliphatic carbocycles. The summed E-state index contributed by atoms with van der Waals surface area (Å²) in [7, 11) is 2.48. The highest BCUT2D eigenvalue weighted by molar-refractivity contribution is 9.11. The fraction of sp³-hybridized carbons (Fsp3) is 0. The highest BCUT2D eigenvalue weighted by atomic mass is 79.9. The molecule has 0 aromatic carbocycles. The summed E-state index contributed by atoms with van der Waals surface area (Å²) in [4.78, 5) is 0. The number of hydrogen-bond acceptors (Lipinski definition) is 0. The minimum atomic E-state index is 0.862. The molecule has 0 aromatic rings. The van der Waals surface area contributed by atoms with Crippen LogP contribution in [0.1, 0.15) is 0 Å². The lowest BCUT2D eigenvalue weighted by Gasteiger charge is -1.82. The molecule has 0 spiro atoms. The minimum Gasteiger partial charge on any atom is -0.106 e. The average molecular weight is 191 g/mol. The Bertz CT molecular complexity index is 119. The smallest absolute Gasteiger partial charge is 0.0103 e. The van der Waals surface area contributed by atoms with Gasteiger partial charge in [0.05, 0.1) is 0 Å². The second-order valence-corrected chi connectivity index (χ2v) is 3.12. The van der Waals surface area contributed by atoms with Gasteiger partial charge in [0.2, 0.25) is 0 Å². The summed E-state index contributed by atoms with van der Waals surface area (Å²) < 4.78 is 0.862. The van der Waals surface area contributed by atoms with Gasteiger partial charge in [0.1, 0.15) is 0 Å². The van der Waals surface area contributed by atoms with Gasteiger partial charge in [-0.15, -0.1) is 9.24 Å². The van der Waals surface area contributed by atoms with Crippen molar-refractivity contribution in [2.24, 2.45) is 0 Å². The van der Waals surface area contributed by atoms with Gasteiger partial charge in [-0.05, 0) is 11.4 Å². The first-order valence-corrected chi connectivity index (χ1v) is 3.47. The van der Waals surface area contributed by atoms with Crippen LogP contribution < -0.4 is 0 Å². The van der Waals surface area contributed by atoms with Gasteiger partial charge < -0.3 is 0 Å². The van der Waals surface area contributed by atoms with E-state index in [1.807, 2.05) is 12.2 Å². The van der Waals surface area contributed by atoms with Crippen molar-refractivity contribution in [1.29, 1.82) is 0 Å². The molecule has 1 unspecified atom stereocenters. The molecule has 0 aliphatic rings. The van der Waals surface area contributed by atoms with Crippen molar-refractivity contribution >= 4 is 25.2 Å². The fourth-order valence-corrected chi connectivity index (χ4v) is 0.426. The van der Waals surface area contributed by atoms with E-state index in [9.17, 15) is 0 Å². The maximum Gasteiger partial charge on any atom is 0.0103 e. The SMILES string of the molecule is C=C(P)/C=C\C(=C)Br. The molecule has 0 saturated carbocycles. The summed E-state index contributed by atoms with van der Waals surface area (Å²) in [5.74, 6) is 0. The molecule has 0 bridgehead atoms. The predicted molar refractivity (Wildman–Crippen MR) is 46.1 cm³/mol. The number of hydrogen-bond donors (Lipinski definition) is 0. The molecule has 0 saturated heterocycles. The molecule has 44 valence electrons. The largest absolute Gasteiger partial charge is 0.106 e. The molecule has 0 heterocycles. The lowest BCUT2D eigenvalue weighted by molar-refractivity contribution is 1.91. The van der Waals surface area contributed by atoms with Gasteiger partial charge in [-0.3, -0.25) is 0 Å². The Morgan fingerprint density at radius 2 is 1.88 bits per heavy atom. The molecule has 1 atom stereocenters. The van der Waals surface area contributed by atoms with Gasteiger partial charge in [0, 0.05) is 4.48 Å². The summed E-state index contributed by atoms with van der Waals surface area (Å²) in [6, 6.07) is 0. The van der Waals surface area contributed by atoms with Crippen LogP contribution in [0.4, 0.5) is 0 Å². The van der Waals surface area contributed by atoms with E-state index < -0.39 is 0 Å². The van der Waals surface area contributed by atoms with E-state index in [4.69, 9.17) is 0 Å². The zero-order chi connectivity index (χ0) is 6.57. The third-order valence-corrected chi connectivity index (χ3v) is 0.935. The second kappa shape index (κ2) is 4.05. The number of allylic oxidation sites excluding steroid dienone is 4. The molecule has 0 N–H and O–H groups in total. The van der Waals surface area contributed by atoms with Crippen LogP contribution in [-0.4, -0.2) is 0 Å². The van der Waals surface area contributed by atoms with Gasteiger partial charge in [-0.2, -0.15) is 0 Å². The topological polar surface area (TPSA) is 0 Å². The highest BCUT2D eigenvalue weighted by Gasteiger charge is 1.74. The number of rotatable bonds is 2. The predicted octanol–water partition coefficient (Wildman–Crippen LogP) is 2.84. The van der Waals surface area contributed by atoms with Crippen molar-refractivity contribution in [3.05, 3.63) is 35.1 Å². The van der Waals surface area contributed by atoms with Crippen LogP contribution in [0, 0.1) is 0 Å². The fourth-order valence-electron chi connectivity index (χ4n) is 0.197. The maximum atomic E-state index is 3.64. The Morgan fingerprint density at radius 3 is 2.00 bits per heavy atom. The zero-order valence-corrected chi connectivity index (χ0v) is 7.26. The summed E-state index contributed by atoms with van der Waals surface area (Å²) in [5.41, 5.74) is 0. The molecule has 0 aliphatic heterocycles. The van der Waals surface area contributed by atoms with Gasteiger partial charge in [0.25, 0.3) is 0 Å². The Hall–Kier alpha value is 0.130. The van der Waals surface area contributed by atoms with Crippen molar-refractivity contribution in [2.45, 2.75) is 0 Å². The van der Waals surface area contributed by atoms with E-state index >= 15 is 0 Å². The highest BCUT2D eigenvalue weighted by Crippen LogP contribution is 2.07. The van der Waals surface area contributed by atoms with Gasteiger partial charge >= 0.3 is 0 Å². The lowest BCUT2D eigenvalue weighted by Crippen LogP contribution is -1.55. The molecule has 0 fully saturated rings. The van der Waals surface area contributed by atoms with E-state index in [1.165, 1.54) is 0 Å². The van der Waals surface area contributed by atoms with Gasteiger partial charge in [0.15, 0.2) is 0 Å². The molecule has 0 aromatic heterocycles.